The van der Waals surface area contributed by atoms with E-state index in [0.717, 1.165) is 0 Å². The molecule has 0 bridgehead atoms. The molecule has 10 heteroatoms. The van der Waals surface area contributed by atoms with Crippen molar-refractivity contribution in [3.63, 3.8) is 0 Å². The Balaban J connectivity index is 1.64. The second-order valence-corrected chi connectivity index (χ2v) is 9.15. The normalized spacial score (nSPS) is 18.4. The lowest BCUT2D eigenvalue weighted by molar-refractivity contribution is -0.135. The molecule has 1 aliphatic heterocycles. The van der Waals surface area contributed by atoms with Gasteiger partial charge >= 0.3 is 0 Å². The van der Waals surface area contributed by atoms with Crippen molar-refractivity contribution < 1.29 is 27.2 Å². The van der Waals surface area contributed by atoms with Gasteiger partial charge in [0.1, 0.15) is 5.82 Å². The maximum atomic E-state index is 13.5. The number of benzene rings is 2. The zero-order valence-corrected chi connectivity index (χ0v) is 18.0. The third-order valence-corrected chi connectivity index (χ3v) is 6.03. The van der Waals surface area contributed by atoms with Crippen molar-refractivity contribution >= 4 is 27.3 Å². The Kier molecular flexibility index (Phi) is 7.04. The molecule has 8 nitrogen and oxygen atoms in total. The maximum absolute atomic E-state index is 13.5. The van der Waals surface area contributed by atoms with E-state index in [1.54, 1.807) is 43.3 Å². The van der Waals surface area contributed by atoms with E-state index in [1.807, 2.05) is 0 Å². The number of nitrogens with zero attached hydrogens (tertiary/aromatic N) is 1. The second kappa shape index (κ2) is 9.54. The number of halogens is 1. The van der Waals surface area contributed by atoms with E-state index < -0.39 is 27.3 Å². The summed E-state index contributed by atoms with van der Waals surface area (Å²) in [4.78, 5) is 18.2. The van der Waals surface area contributed by atoms with E-state index in [1.165, 1.54) is 19.2 Å². The lowest BCUT2D eigenvalue weighted by Crippen LogP contribution is -2.40. The van der Waals surface area contributed by atoms with Gasteiger partial charge in [-0.2, -0.15) is 0 Å². The van der Waals surface area contributed by atoms with Crippen molar-refractivity contribution in [3.8, 4) is 0 Å². The lowest BCUT2D eigenvalue weighted by atomic mass is 9.95. The van der Waals surface area contributed by atoms with Crippen LogP contribution in [0.5, 0.6) is 0 Å². The molecular weight excluding hydrogens is 425 g/mol. The molecule has 1 aliphatic rings. The highest BCUT2D eigenvalue weighted by molar-refractivity contribution is 7.88. The largest absolute Gasteiger partial charge is 0.383 e. The average molecular weight is 450 g/mol. The Hall–Kier alpha value is -2.82. The summed E-state index contributed by atoms with van der Waals surface area (Å²) in [6.07, 6.45) is 0.166. The molecule has 0 fully saturated rings. The highest BCUT2D eigenvalue weighted by Crippen LogP contribution is 2.28. The highest BCUT2D eigenvalue weighted by Gasteiger charge is 2.42. The highest BCUT2D eigenvalue weighted by atomic mass is 32.2. The third-order valence-electron chi connectivity index (χ3n) is 4.67. The summed E-state index contributed by atoms with van der Waals surface area (Å²) in [7, 11) is -2.05. The summed E-state index contributed by atoms with van der Waals surface area (Å²) in [5.41, 5.74) is 0.685. The summed E-state index contributed by atoms with van der Waals surface area (Å²) < 4.78 is 45.0. The fourth-order valence-electron chi connectivity index (χ4n) is 3.06. The number of hydrogen-bond acceptors (Lipinski definition) is 6. The lowest BCUT2D eigenvalue weighted by Gasteiger charge is -2.20. The van der Waals surface area contributed by atoms with Crippen LogP contribution in [0.3, 0.4) is 0 Å². The molecule has 0 saturated carbocycles. The molecule has 0 aliphatic carbocycles. The minimum Gasteiger partial charge on any atom is -0.383 e. The molecular formula is C21H24FN3O5S. The van der Waals surface area contributed by atoms with Crippen LogP contribution in [-0.2, 0) is 30.1 Å². The number of hydrogen-bond donors (Lipinski definition) is 2. The summed E-state index contributed by atoms with van der Waals surface area (Å²) in [5.74, 6) is -1.08. The number of nitrogens with one attached hydrogen (secondary N) is 2. The first-order chi connectivity index (χ1) is 14.7. The van der Waals surface area contributed by atoms with E-state index in [0.29, 0.717) is 22.5 Å². The van der Waals surface area contributed by atoms with Crippen molar-refractivity contribution in [2.75, 3.05) is 25.6 Å². The van der Waals surface area contributed by atoms with Crippen LogP contribution in [-0.4, -0.2) is 45.9 Å². The fraction of sp³-hybridized carbons (Fsp3) is 0.333. The number of amides is 1. The average Bonchev–Trinajstić information content (AvgIpc) is 3.12. The zero-order valence-electron chi connectivity index (χ0n) is 17.2. The van der Waals surface area contributed by atoms with Gasteiger partial charge in [0.15, 0.2) is 0 Å². The Morgan fingerprint density at radius 2 is 2.03 bits per heavy atom. The SMILES string of the molecule is COCCNS(=O)(=O)Cc1cccc(NC(=O)C2(C)CC(c3cccc(F)c3)=NO2)c1. The first-order valence-corrected chi connectivity index (χ1v) is 11.2. The molecule has 0 saturated heterocycles. The Bertz CT molecular complexity index is 1090. The Morgan fingerprint density at radius 1 is 1.26 bits per heavy atom. The van der Waals surface area contributed by atoms with Crippen LogP contribution in [0.1, 0.15) is 24.5 Å². The van der Waals surface area contributed by atoms with Gasteiger partial charge < -0.3 is 14.9 Å². The molecule has 0 radical (unpaired) electrons. The van der Waals surface area contributed by atoms with Gasteiger partial charge in [0.05, 0.1) is 18.1 Å². The number of anilines is 1. The van der Waals surface area contributed by atoms with Gasteiger partial charge in [0.25, 0.3) is 5.91 Å². The summed E-state index contributed by atoms with van der Waals surface area (Å²) in [5, 5.41) is 6.70. The Labute approximate surface area is 180 Å². The van der Waals surface area contributed by atoms with Crippen molar-refractivity contribution in [1.82, 2.24) is 4.72 Å². The van der Waals surface area contributed by atoms with E-state index in [4.69, 9.17) is 9.57 Å². The number of ether oxygens (including phenoxy) is 1. The number of sulfonamides is 1. The van der Waals surface area contributed by atoms with Gasteiger partial charge in [0, 0.05) is 31.3 Å². The van der Waals surface area contributed by atoms with Crippen molar-refractivity contribution in [1.29, 1.82) is 0 Å². The smallest absolute Gasteiger partial charge is 0.271 e. The molecule has 3 rings (SSSR count). The van der Waals surface area contributed by atoms with Gasteiger partial charge in [0.2, 0.25) is 15.6 Å². The van der Waals surface area contributed by atoms with E-state index in [-0.39, 0.29) is 25.3 Å². The van der Waals surface area contributed by atoms with Crippen molar-refractivity contribution in [2.45, 2.75) is 24.7 Å². The van der Waals surface area contributed by atoms with Crippen LogP contribution in [0.25, 0.3) is 0 Å². The number of rotatable bonds is 9. The molecule has 166 valence electrons. The van der Waals surface area contributed by atoms with Gasteiger partial charge in [-0.1, -0.05) is 29.4 Å². The molecule has 31 heavy (non-hydrogen) atoms. The fourth-order valence-corrected chi connectivity index (χ4v) is 4.17. The predicted molar refractivity (Wildman–Crippen MR) is 115 cm³/mol. The molecule has 2 aromatic carbocycles. The molecule has 1 heterocycles. The van der Waals surface area contributed by atoms with Crippen LogP contribution in [0.4, 0.5) is 10.1 Å². The van der Waals surface area contributed by atoms with Gasteiger partial charge in [-0.25, -0.2) is 17.5 Å². The van der Waals surface area contributed by atoms with Gasteiger partial charge in [-0.15, -0.1) is 0 Å². The quantitative estimate of drug-likeness (QED) is 0.572. The van der Waals surface area contributed by atoms with Crippen LogP contribution in [0.2, 0.25) is 0 Å². The monoisotopic (exact) mass is 449 g/mol. The first kappa shape index (κ1) is 22.9. The standard InChI is InChI=1S/C21H24FN3O5S/c1-21(13-19(25-30-21)16-6-4-7-17(22)12-16)20(26)24-18-8-3-5-15(11-18)14-31(27,28)23-9-10-29-2/h3-8,11-12,23H,9-10,13-14H2,1-2H3,(H,24,26). The topological polar surface area (TPSA) is 106 Å². The number of oxime groups is 1. The van der Waals surface area contributed by atoms with Crippen molar-refractivity contribution in [2.24, 2.45) is 5.16 Å². The molecule has 1 amide bonds. The number of carbonyl (C=O) groups is 1. The molecule has 0 aromatic heterocycles. The zero-order chi connectivity index (χ0) is 22.5. The van der Waals surface area contributed by atoms with Crippen LogP contribution in [0.15, 0.2) is 53.7 Å². The Morgan fingerprint density at radius 3 is 2.77 bits per heavy atom. The molecule has 1 unspecified atom stereocenters. The van der Waals surface area contributed by atoms with Gasteiger partial charge in [-0.05, 0) is 36.8 Å². The first-order valence-electron chi connectivity index (χ1n) is 9.58. The second-order valence-electron chi connectivity index (χ2n) is 7.35. The van der Waals surface area contributed by atoms with Crippen LogP contribution in [0, 0.1) is 5.82 Å². The number of methoxy groups -OCH3 is 1. The minimum absolute atomic E-state index is 0.166. The van der Waals surface area contributed by atoms with Gasteiger partial charge in [-0.3, -0.25) is 4.79 Å². The number of carbonyl (C=O) groups excluding carboxylic acids is 1. The summed E-state index contributed by atoms with van der Waals surface area (Å²) in [6.45, 7) is 2.04. The molecule has 0 spiro atoms. The molecule has 2 N–H and O–H groups in total. The summed E-state index contributed by atoms with van der Waals surface area (Å²) >= 11 is 0. The molecule has 1 atom stereocenters. The third kappa shape index (κ3) is 6.09. The van der Waals surface area contributed by atoms with E-state index >= 15 is 0 Å². The molecule has 2 aromatic rings. The maximum Gasteiger partial charge on any atom is 0.271 e. The van der Waals surface area contributed by atoms with Crippen LogP contribution < -0.4 is 10.0 Å². The van der Waals surface area contributed by atoms with E-state index in [9.17, 15) is 17.6 Å². The van der Waals surface area contributed by atoms with E-state index in [2.05, 4.69) is 15.2 Å². The van der Waals surface area contributed by atoms with Crippen molar-refractivity contribution in [3.05, 3.63) is 65.5 Å². The minimum atomic E-state index is -3.54. The summed E-state index contributed by atoms with van der Waals surface area (Å²) in [6, 6.07) is 12.5. The van der Waals surface area contributed by atoms with Crippen LogP contribution >= 0.6 is 0 Å². The predicted octanol–water partition coefficient (Wildman–Crippen LogP) is 2.41.